The average Bonchev–Trinajstić information content (AvgIpc) is 2.36. The fourth-order valence-electron chi connectivity index (χ4n) is 5.69. The first-order chi connectivity index (χ1) is 10.0. The van der Waals surface area contributed by atoms with Crippen LogP contribution in [0.15, 0.2) is 0 Å². The molecule has 0 saturated heterocycles. The van der Waals surface area contributed by atoms with Crippen molar-refractivity contribution >= 4 is 23.7 Å². The smallest absolute Gasteiger partial charge is 0.309 e. The maximum absolute atomic E-state index is 12.2. The third-order valence-corrected chi connectivity index (χ3v) is 6.17. The zero-order chi connectivity index (χ0) is 16.6. The maximum atomic E-state index is 12.2. The van der Waals surface area contributed by atoms with E-state index in [1.807, 2.05) is 0 Å². The van der Waals surface area contributed by atoms with Gasteiger partial charge in [0.2, 0.25) is 0 Å². The Hall–Kier alpha value is -1.92. The van der Waals surface area contributed by atoms with Gasteiger partial charge in [-0.05, 0) is 45.4 Å². The summed E-state index contributed by atoms with van der Waals surface area (Å²) in [5, 5.41) is 29.0. The second-order valence-electron chi connectivity index (χ2n) is 7.65. The first kappa shape index (κ1) is 15.0. The van der Waals surface area contributed by atoms with Crippen LogP contribution in [-0.2, 0) is 19.2 Å². The van der Waals surface area contributed by atoms with Crippen molar-refractivity contribution in [2.24, 2.45) is 21.7 Å². The highest BCUT2D eigenvalue weighted by atomic mass is 16.4. The number of carboxylic acids is 3. The fourth-order valence-corrected chi connectivity index (χ4v) is 5.69. The predicted molar refractivity (Wildman–Crippen MR) is 71.0 cm³/mol. The molecule has 0 aliphatic heterocycles. The lowest BCUT2D eigenvalue weighted by Crippen LogP contribution is -2.68. The summed E-state index contributed by atoms with van der Waals surface area (Å²) >= 11 is 0. The van der Waals surface area contributed by atoms with Gasteiger partial charge in [0.05, 0.1) is 16.2 Å². The molecule has 120 valence electrons. The lowest BCUT2D eigenvalue weighted by molar-refractivity contribution is -0.223. The molecule has 0 atom stereocenters. The minimum atomic E-state index is -1.43. The highest BCUT2D eigenvalue weighted by Crippen LogP contribution is 2.74. The van der Waals surface area contributed by atoms with Crippen LogP contribution in [-0.4, -0.2) is 39.0 Å². The van der Waals surface area contributed by atoms with E-state index >= 15 is 0 Å². The van der Waals surface area contributed by atoms with Crippen molar-refractivity contribution in [2.45, 2.75) is 45.4 Å². The molecule has 0 aromatic rings. The molecule has 0 aromatic carbocycles. The lowest BCUT2D eigenvalue weighted by Gasteiger charge is -2.65. The molecule has 3 N–H and O–H groups in total. The van der Waals surface area contributed by atoms with E-state index in [1.165, 1.54) is 6.92 Å². The minimum absolute atomic E-state index is 0.0503. The molecule has 0 amide bonds. The van der Waals surface area contributed by atoms with Gasteiger partial charge in [0.15, 0.2) is 0 Å². The molecule has 4 rings (SSSR count). The van der Waals surface area contributed by atoms with Crippen LogP contribution in [0.2, 0.25) is 0 Å². The molecule has 22 heavy (non-hydrogen) atoms. The molecule has 4 aliphatic rings. The SMILES string of the molecule is CC(=O)C12CC3(C(=O)O)CC(C(=O)O)(C1)CC(C(=O)O)(C2)C3. The van der Waals surface area contributed by atoms with Gasteiger partial charge in [-0.2, -0.15) is 0 Å². The Morgan fingerprint density at radius 2 is 0.818 bits per heavy atom. The number of carbonyl (C=O) groups excluding carboxylic acids is 1. The van der Waals surface area contributed by atoms with E-state index in [2.05, 4.69) is 0 Å². The molecule has 4 bridgehead atoms. The topological polar surface area (TPSA) is 129 Å². The number of hydrogen-bond acceptors (Lipinski definition) is 4. The highest BCUT2D eigenvalue weighted by molar-refractivity contribution is 5.92. The minimum Gasteiger partial charge on any atom is -0.481 e. The maximum Gasteiger partial charge on any atom is 0.309 e. The monoisotopic (exact) mass is 310 g/mol. The van der Waals surface area contributed by atoms with Gasteiger partial charge < -0.3 is 15.3 Å². The average molecular weight is 310 g/mol. The van der Waals surface area contributed by atoms with Crippen LogP contribution in [0.1, 0.15) is 45.4 Å². The standard InChI is InChI=1S/C15H18O7/c1-8(16)12-2-13(9(17)18)5-14(3-12,10(19)20)7-15(4-12,6-13)11(21)22/h2-7H2,1H3,(H,17,18)(H,19,20)(H,21,22). The zero-order valence-corrected chi connectivity index (χ0v) is 12.2. The Morgan fingerprint density at radius 3 is 1.00 bits per heavy atom. The number of aliphatic carboxylic acids is 3. The van der Waals surface area contributed by atoms with E-state index in [0.29, 0.717) is 0 Å². The van der Waals surface area contributed by atoms with Gasteiger partial charge in [-0.15, -0.1) is 0 Å². The number of Topliss-reactive ketones (excluding diaryl/α,β-unsaturated/α-hetero) is 1. The van der Waals surface area contributed by atoms with E-state index in [9.17, 15) is 34.5 Å². The number of carbonyl (C=O) groups is 4. The lowest BCUT2D eigenvalue weighted by atomic mass is 9.34. The first-order valence-electron chi connectivity index (χ1n) is 7.23. The third-order valence-electron chi connectivity index (χ3n) is 6.17. The van der Waals surface area contributed by atoms with Crippen LogP contribution in [0.3, 0.4) is 0 Å². The Morgan fingerprint density at radius 1 is 0.591 bits per heavy atom. The van der Waals surface area contributed by atoms with Crippen LogP contribution in [0.25, 0.3) is 0 Å². The van der Waals surface area contributed by atoms with Crippen molar-refractivity contribution in [3.8, 4) is 0 Å². The Kier molecular flexibility index (Phi) is 2.65. The van der Waals surface area contributed by atoms with Crippen LogP contribution in [0.4, 0.5) is 0 Å². The fraction of sp³-hybridized carbons (Fsp3) is 0.733. The van der Waals surface area contributed by atoms with Crippen molar-refractivity contribution in [1.29, 1.82) is 0 Å². The highest BCUT2D eigenvalue weighted by Gasteiger charge is 2.75. The molecule has 0 unspecified atom stereocenters. The molecule has 0 radical (unpaired) electrons. The summed E-state index contributed by atoms with van der Waals surface area (Å²) in [5.74, 6) is -3.86. The Labute approximate surface area is 126 Å². The Balaban J connectivity index is 2.26. The van der Waals surface area contributed by atoms with Gasteiger partial charge in [0.25, 0.3) is 0 Å². The van der Waals surface area contributed by atoms with E-state index in [4.69, 9.17) is 0 Å². The van der Waals surface area contributed by atoms with E-state index in [0.717, 1.165) is 0 Å². The van der Waals surface area contributed by atoms with Gasteiger partial charge >= 0.3 is 17.9 Å². The summed E-state index contributed by atoms with van der Waals surface area (Å²) in [6, 6.07) is 0. The second kappa shape index (κ2) is 3.88. The molecular weight excluding hydrogens is 292 g/mol. The van der Waals surface area contributed by atoms with E-state index in [-0.39, 0.29) is 44.3 Å². The summed E-state index contributed by atoms with van der Waals surface area (Å²) in [6.07, 6.45) is -0.115. The summed E-state index contributed by atoms with van der Waals surface area (Å²) in [5.41, 5.74) is -5.45. The van der Waals surface area contributed by atoms with Crippen molar-refractivity contribution in [1.82, 2.24) is 0 Å². The van der Waals surface area contributed by atoms with Gasteiger partial charge in [-0.1, -0.05) is 0 Å². The van der Waals surface area contributed by atoms with Crippen molar-refractivity contribution in [2.75, 3.05) is 0 Å². The van der Waals surface area contributed by atoms with Crippen LogP contribution in [0, 0.1) is 21.7 Å². The second-order valence-corrected chi connectivity index (χ2v) is 7.65. The van der Waals surface area contributed by atoms with E-state index in [1.54, 1.807) is 0 Å². The van der Waals surface area contributed by atoms with Crippen molar-refractivity contribution < 1.29 is 34.5 Å². The summed E-state index contributed by atoms with van der Waals surface area (Å²) in [7, 11) is 0. The number of ketones is 1. The predicted octanol–water partition coefficient (Wildman–Crippen LogP) is 1.16. The number of hydrogen-bond donors (Lipinski definition) is 3. The van der Waals surface area contributed by atoms with Gasteiger partial charge in [-0.3, -0.25) is 19.2 Å². The molecule has 7 nitrogen and oxygen atoms in total. The van der Waals surface area contributed by atoms with Gasteiger partial charge in [-0.25, -0.2) is 0 Å². The molecule has 4 saturated carbocycles. The molecular formula is C15H18O7. The molecule has 7 heteroatoms. The normalized spacial score (nSPS) is 45.5. The largest absolute Gasteiger partial charge is 0.481 e. The molecule has 4 fully saturated rings. The third kappa shape index (κ3) is 1.56. The zero-order valence-electron chi connectivity index (χ0n) is 12.2. The number of carboxylic acid groups (broad SMARTS) is 3. The molecule has 0 spiro atoms. The van der Waals surface area contributed by atoms with Crippen molar-refractivity contribution in [3.05, 3.63) is 0 Å². The van der Waals surface area contributed by atoms with Crippen LogP contribution >= 0.6 is 0 Å². The van der Waals surface area contributed by atoms with Crippen molar-refractivity contribution in [3.63, 3.8) is 0 Å². The van der Waals surface area contributed by atoms with E-state index < -0.39 is 39.6 Å². The van der Waals surface area contributed by atoms with Gasteiger partial charge in [0, 0.05) is 5.41 Å². The molecule has 0 heterocycles. The molecule has 4 aliphatic carbocycles. The summed E-state index contributed by atoms with van der Waals surface area (Å²) < 4.78 is 0. The molecule has 0 aromatic heterocycles. The first-order valence-corrected chi connectivity index (χ1v) is 7.23. The van der Waals surface area contributed by atoms with Gasteiger partial charge in [0.1, 0.15) is 5.78 Å². The Bertz CT molecular complexity index is 476. The number of rotatable bonds is 4. The van der Waals surface area contributed by atoms with Crippen LogP contribution < -0.4 is 0 Å². The summed E-state index contributed by atoms with van der Waals surface area (Å²) in [4.78, 5) is 47.8. The summed E-state index contributed by atoms with van der Waals surface area (Å²) in [6.45, 7) is 1.31. The quantitative estimate of drug-likeness (QED) is 0.710. The van der Waals surface area contributed by atoms with Crippen LogP contribution in [0.5, 0.6) is 0 Å².